The molecule has 2 amide bonds. The van der Waals surface area contributed by atoms with Gasteiger partial charge in [0.1, 0.15) is 19.0 Å². The molecule has 0 saturated carbocycles. The number of benzene rings is 3. The van der Waals surface area contributed by atoms with Crippen molar-refractivity contribution in [3.8, 4) is 23.3 Å². The molecule has 1 fully saturated rings. The van der Waals surface area contributed by atoms with E-state index in [4.69, 9.17) is 25.8 Å². The number of ether oxygens (including phenoxy) is 3. The molecule has 0 N–H and O–H groups in total. The van der Waals surface area contributed by atoms with Crippen molar-refractivity contribution in [3.63, 3.8) is 0 Å². The van der Waals surface area contributed by atoms with E-state index in [9.17, 15) is 14.9 Å². The Bertz CT molecular complexity index is 1370. The van der Waals surface area contributed by atoms with Gasteiger partial charge in [0, 0.05) is 10.6 Å². The van der Waals surface area contributed by atoms with E-state index in [2.05, 4.69) is 6.07 Å². The zero-order valence-electron chi connectivity index (χ0n) is 20.0. The number of hydrogen-bond donors (Lipinski definition) is 0. The van der Waals surface area contributed by atoms with Gasteiger partial charge in [-0.3, -0.25) is 14.5 Å². The number of carbonyl (C=O) groups excluding carboxylic acids is 2. The second-order valence-corrected chi connectivity index (χ2v) is 9.26. The van der Waals surface area contributed by atoms with Crippen LogP contribution in [0.3, 0.4) is 0 Å². The van der Waals surface area contributed by atoms with Crippen molar-refractivity contribution in [2.75, 3.05) is 19.8 Å². The van der Waals surface area contributed by atoms with Gasteiger partial charge in [-0.05, 0) is 72.8 Å². The number of halogens is 1. The molecule has 4 rings (SSSR count). The summed E-state index contributed by atoms with van der Waals surface area (Å²) in [4.78, 5) is 26.8. The molecule has 0 aromatic heterocycles. The summed E-state index contributed by atoms with van der Waals surface area (Å²) in [5, 5.41) is 9.54. The first kappa shape index (κ1) is 26.1. The van der Waals surface area contributed by atoms with E-state index in [1.807, 2.05) is 19.1 Å². The molecule has 1 saturated heterocycles. The summed E-state index contributed by atoms with van der Waals surface area (Å²) in [6.07, 6.45) is 1.65. The van der Waals surface area contributed by atoms with E-state index in [0.717, 1.165) is 17.3 Å². The van der Waals surface area contributed by atoms with Gasteiger partial charge in [-0.2, -0.15) is 5.26 Å². The van der Waals surface area contributed by atoms with Crippen LogP contribution in [0.1, 0.15) is 23.6 Å². The van der Waals surface area contributed by atoms with Crippen LogP contribution >= 0.6 is 23.4 Å². The zero-order valence-corrected chi connectivity index (χ0v) is 21.6. The SMILES string of the molecule is CCOc1cc(/C=C2\SC(=O)N(CCOc3ccc(Cl)cc3)C2=O)ccc1OCc1ccccc1C#N. The fourth-order valence-corrected chi connectivity index (χ4v) is 4.53. The highest BCUT2D eigenvalue weighted by Gasteiger charge is 2.34. The normalized spacial score (nSPS) is 14.1. The van der Waals surface area contributed by atoms with Crippen LogP contribution in [0.4, 0.5) is 4.79 Å². The molecule has 0 bridgehead atoms. The van der Waals surface area contributed by atoms with Gasteiger partial charge in [0.05, 0.1) is 29.7 Å². The molecule has 3 aromatic carbocycles. The summed E-state index contributed by atoms with van der Waals surface area (Å²) in [6.45, 7) is 2.78. The predicted octanol–water partition coefficient (Wildman–Crippen LogP) is 6.30. The lowest BCUT2D eigenvalue weighted by atomic mass is 10.1. The Morgan fingerprint density at radius 3 is 2.54 bits per heavy atom. The van der Waals surface area contributed by atoms with Crippen LogP contribution in [-0.4, -0.2) is 35.8 Å². The standard InChI is InChI=1S/C28H23ClN2O5S/c1-2-34-25-15-19(7-12-24(25)36-18-21-6-4-3-5-20(21)17-30)16-26-27(32)31(28(33)37-26)13-14-35-23-10-8-22(29)9-11-23/h3-12,15-16H,2,13-14,18H2,1H3/b26-16-. The minimum Gasteiger partial charge on any atom is -0.492 e. The number of carbonyl (C=O) groups is 2. The van der Waals surface area contributed by atoms with Gasteiger partial charge in [-0.25, -0.2) is 0 Å². The molecule has 1 aliphatic rings. The summed E-state index contributed by atoms with van der Waals surface area (Å²) in [7, 11) is 0. The summed E-state index contributed by atoms with van der Waals surface area (Å²) >= 11 is 6.75. The molecule has 0 radical (unpaired) electrons. The van der Waals surface area contributed by atoms with Gasteiger partial charge in [-0.1, -0.05) is 35.9 Å². The van der Waals surface area contributed by atoms with Crippen molar-refractivity contribution in [2.24, 2.45) is 0 Å². The number of thioether (sulfide) groups is 1. The Kier molecular flexibility index (Phi) is 8.72. The maximum Gasteiger partial charge on any atom is 0.293 e. The lowest BCUT2D eigenvalue weighted by molar-refractivity contribution is -0.123. The molecule has 37 heavy (non-hydrogen) atoms. The molecule has 188 valence electrons. The fourth-order valence-electron chi connectivity index (χ4n) is 3.54. The quantitative estimate of drug-likeness (QED) is 0.282. The Morgan fingerprint density at radius 2 is 1.78 bits per heavy atom. The molecule has 0 spiro atoms. The van der Waals surface area contributed by atoms with Crippen LogP contribution in [-0.2, 0) is 11.4 Å². The van der Waals surface area contributed by atoms with Crippen LogP contribution in [0.2, 0.25) is 5.02 Å². The Morgan fingerprint density at radius 1 is 1.00 bits per heavy atom. The van der Waals surface area contributed by atoms with Crippen LogP contribution in [0.15, 0.2) is 71.6 Å². The van der Waals surface area contributed by atoms with E-state index >= 15 is 0 Å². The number of nitrogens with zero attached hydrogens (tertiary/aromatic N) is 2. The van der Waals surface area contributed by atoms with Gasteiger partial charge in [-0.15, -0.1) is 0 Å². The third-order valence-electron chi connectivity index (χ3n) is 5.36. The molecule has 0 unspecified atom stereocenters. The van der Waals surface area contributed by atoms with E-state index in [0.29, 0.717) is 44.9 Å². The number of imide groups is 1. The molecule has 7 nitrogen and oxygen atoms in total. The van der Waals surface area contributed by atoms with Crippen molar-refractivity contribution < 1.29 is 23.8 Å². The molecular formula is C28H23ClN2O5S. The molecule has 0 aliphatic carbocycles. The van der Waals surface area contributed by atoms with Crippen LogP contribution in [0, 0.1) is 11.3 Å². The number of hydrogen-bond acceptors (Lipinski definition) is 7. The topological polar surface area (TPSA) is 88.9 Å². The lowest BCUT2D eigenvalue weighted by Crippen LogP contribution is -2.32. The Balaban J connectivity index is 1.43. The van der Waals surface area contributed by atoms with Gasteiger partial charge in [0.2, 0.25) is 0 Å². The van der Waals surface area contributed by atoms with Crippen molar-refractivity contribution in [3.05, 3.63) is 93.3 Å². The molecule has 1 aliphatic heterocycles. The predicted molar refractivity (Wildman–Crippen MR) is 143 cm³/mol. The molecular weight excluding hydrogens is 512 g/mol. The van der Waals surface area contributed by atoms with Crippen molar-refractivity contribution in [1.82, 2.24) is 4.90 Å². The average molecular weight is 535 g/mol. The highest BCUT2D eigenvalue weighted by molar-refractivity contribution is 8.18. The first-order chi connectivity index (χ1) is 18.0. The lowest BCUT2D eigenvalue weighted by Gasteiger charge is -2.14. The van der Waals surface area contributed by atoms with E-state index < -0.39 is 0 Å². The van der Waals surface area contributed by atoms with Crippen molar-refractivity contribution >= 4 is 40.6 Å². The monoisotopic (exact) mass is 534 g/mol. The third-order valence-corrected chi connectivity index (χ3v) is 6.52. The minimum atomic E-state index is -0.374. The summed E-state index contributed by atoms with van der Waals surface area (Å²) in [5.41, 5.74) is 2.01. The largest absolute Gasteiger partial charge is 0.492 e. The van der Waals surface area contributed by atoms with E-state index in [1.165, 1.54) is 4.90 Å². The number of amides is 2. The van der Waals surface area contributed by atoms with Gasteiger partial charge >= 0.3 is 0 Å². The second-order valence-electron chi connectivity index (χ2n) is 7.83. The van der Waals surface area contributed by atoms with E-state index in [1.54, 1.807) is 60.7 Å². The summed E-state index contributed by atoms with van der Waals surface area (Å²) in [6, 6.07) is 21.5. The molecule has 1 heterocycles. The first-order valence-electron chi connectivity index (χ1n) is 11.5. The average Bonchev–Trinajstić information content (AvgIpc) is 3.17. The maximum atomic E-state index is 12.9. The Hall–Kier alpha value is -3.93. The summed E-state index contributed by atoms with van der Waals surface area (Å²) in [5.74, 6) is 1.25. The maximum absolute atomic E-state index is 12.9. The first-order valence-corrected chi connectivity index (χ1v) is 12.7. The molecule has 0 atom stereocenters. The van der Waals surface area contributed by atoms with Crippen LogP contribution in [0.25, 0.3) is 6.08 Å². The van der Waals surface area contributed by atoms with Crippen LogP contribution < -0.4 is 14.2 Å². The van der Waals surface area contributed by atoms with E-state index in [-0.39, 0.29) is 30.9 Å². The highest BCUT2D eigenvalue weighted by atomic mass is 35.5. The van der Waals surface area contributed by atoms with Crippen molar-refractivity contribution in [2.45, 2.75) is 13.5 Å². The smallest absolute Gasteiger partial charge is 0.293 e. The van der Waals surface area contributed by atoms with Crippen molar-refractivity contribution in [1.29, 1.82) is 5.26 Å². The van der Waals surface area contributed by atoms with Gasteiger partial charge in [0.25, 0.3) is 11.1 Å². The fraction of sp³-hybridized carbons (Fsp3) is 0.179. The van der Waals surface area contributed by atoms with Gasteiger partial charge in [0.15, 0.2) is 11.5 Å². The van der Waals surface area contributed by atoms with Gasteiger partial charge < -0.3 is 14.2 Å². The second kappa shape index (κ2) is 12.3. The third kappa shape index (κ3) is 6.64. The summed E-state index contributed by atoms with van der Waals surface area (Å²) < 4.78 is 17.3. The minimum absolute atomic E-state index is 0.131. The molecule has 9 heteroatoms. The molecule has 3 aromatic rings. The number of nitriles is 1. The Labute approximate surface area is 224 Å². The highest BCUT2D eigenvalue weighted by Crippen LogP contribution is 2.35. The van der Waals surface area contributed by atoms with Crippen LogP contribution in [0.5, 0.6) is 17.2 Å². The zero-order chi connectivity index (χ0) is 26.2. The number of rotatable bonds is 10.